The fourth-order valence-electron chi connectivity index (χ4n) is 1.47. The van der Waals surface area contributed by atoms with Crippen molar-refractivity contribution in [2.75, 3.05) is 7.11 Å². The van der Waals surface area contributed by atoms with Crippen molar-refractivity contribution in [3.63, 3.8) is 0 Å². The van der Waals surface area contributed by atoms with Crippen molar-refractivity contribution in [1.29, 1.82) is 0 Å². The number of benzene rings is 1. The van der Waals surface area contributed by atoms with Gasteiger partial charge >= 0.3 is 11.9 Å². The van der Waals surface area contributed by atoms with Crippen molar-refractivity contribution in [3.8, 4) is 0 Å². The van der Waals surface area contributed by atoms with Gasteiger partial charge in [-0.2, -0.15) is 0 Å². The van der Waals surface area contributed by atoms with E-state index in [2.05, 4.69) is 14.7 Å². The highest BCUT2D eigenvalue weighted by Gasteiger charge is 2.40. The van der Waals surface area contributed by atoms with Crippen LogP contribution in [0.5, 0.6) is 0 Å². The highest BCUT2D eigenvalue weighted by Crippen LogP contribution is 2.19. The van der Waals surface area contributed by atoms with Crippen molar-refractivity contribution < 1.29 is 19.2 Å². The van der Waals surface area contributed by atoms with Crippen LogP contribution in [0.1, 0.15) is 5.56 Å². The summed E-state index contributed by atoms with van der Waals surface area (Å²) >= 11 is 0. The molecule has 5 nitrogen and oxygen atoms in total. The smallest absolute Gasteiger partial charge is 0.355 e. The number of rotatable bonds is 2. The normalized spacial score (nSPS) is 18.9. The third kappa shape index (κ3) is 1.67. The monoisotopic (exact) mass is 219 g/mol. The lowest BCUT2D eigenvalue weighted by atomic mass is 9.98. The number of hydrogen-bond donors (Lipinski definition) is 0. The summed E-state index contributed by atoms with van der Waals surface area (Å²) < 4.78 is 4.54. The number of carbonyl (C=O) groups excluding carboxylic acids is 2. The van der Waals surface area contributed by atoms with E-state index in [4.69, 9.17) is 0 Å². The second-order valence-corrected chi connectivity index (χ2v) is 3.21. The molecule has 1 atom stereocenters. The molecule has 0 fully saturated rings. The average Bonchev–Trinajstić information content (AvgIpc) is 2.71. The summed E-state index contributed by atoms with van der Waals surface area (Å²) in [7, 11) is 1.22. The maximum Gasteiger partial charge on any atom is 0.355 e. The molecule has 0 bridgehead atoms. The molecular weight excluding hydrogens is 210 g/mol. The molecule has 0 radical (unpaired) electrons. The molecule has 0 spiro atoms. The fraction of sp³-hybridized carbons (Fsp3) is 0.182. The van der Waals surface area contributed by atoms with E-state index >= 15 is 0 Å². The van der Waals surface area contributed by atoms with Gasteiger partial charge in [-0.05, 0) is 0 Å². The van der Waals surface area contributed by atoms with Gasteiger partial charge in [0, 0.05) is 5.56 Å². The molecule has 0 amide bonds. The standard InChI is InChI=1S/C11H9NO4/c1-15-10(13)8-9(12-16-11(8)14)7-5-3-2-4-6-7/h2-6,8H,1H3. The molecular formula is C11H9NO4. The van der Waals surface area contributed by atoms with E-state index in [1.807, 2.05) is 6.07 Å². The molecule has 0 saturated heterocycles. The van der Waals surface area contributed by atoms with E-state index in [0.29, 0.717) is 5.56 Å². The summed E-state index contributed by atoms with van der Waals surface area (Å²) in [4.78, 5) is 27.2. The molecule has 2 rings (SSSR count). The first-order valence-corrected chi connectivity index (χ1v) is 4.66. The van der Waals surface area contributed by atoms with Gasteiger partial charge in [-0.1, -0.05) is 35.5 Å². The Morgan fingerprint density at radius 1 is 1.38 bits per heavy atom. The van der Waals surface area contributed by atoms with Crippen molar-refractivity contribution in [3.05, 3.63) is 35.9 Å². The molecule has 82 valence electrons. The number of ether oxygens (including phenoxy) is 1. The molecule has 1 aliphatic rings. The molecule has 0 N–H and O–H groups in total. The Kier molecular flexibility index (Phi) is 2.68. The van der Waals surface area contributed by atoms with E-state index in [1.165, 1.54) is 7.11 Å². The summed E-state index contributed by atoms with van der Waals surface area (Å²) in [5.41, 5.74) is 0.959. The topological polar surface area (TPSA) is 65.0 Å². The van der Waals surface area contributed by atoms with Gasteiger partial charge in [0.05, 0.1) is 7.11 Å². The third-order valence-corrected chi connectivity index (χ3v) is 2.25. The Morgan fingerprint density at radius 2 is 2.06 bits per heavy atom. The lowest BCUT2D eigenvalue weighted by molar-refractivity contribution is -0.154. The van der Waals surface area contributed by atoms with Crippen LogP contribution < -0.4 is 0 Å². The SMILES string of the molecule is COC(=O)C1C(=O)ON=C1c1ccccc1. The van der Waals surface area contributed by atoms with E-state index < -0.39 is 17.9 Å². The molecule has 0 saturated carbocycles. The zero-order valence-electron chi connectivity index (χ0n) is 8.54. The van der Waals surface area contributed by atoms with Crippen molar-refractivity contribution in [2.24, 2.45) is 11.1 Å². The summed E-state index contributed by atoms with van der Waals surface area (Å²) in [6, 6.07) is 8.90. The maximum atomic E-state index is 11.4. The molecule has 5 heteroatoms. The van der Waals surface area contributed by atoms with E-state index in [-0.39, 0.29) is 5.71 Å². The van der Waals surface area contributed by atoms with Gasteiger partial charge in [-0.25, -0.2) is 4.79 Å². The van der Waals surface area contributed by atoms with Gasteiger partial charge in [0.25, 0.3) is 0 Å². The quantitative estimate of drug-likeness (QED) is 0.418. The summed E-state index contributed by atoms with van der Waals surface area (Å²) in [5, 5.41) is 3.60. The number of methoxy groups -OCH3 is 1. The number of hydrogen-bond acceptors (Lipinski definition) is 5. The van der Waals surface area contributed by atoms with Crippen LogP contribution >= 0.6 is 0 Å². The second kappa shape index (κ2) is 4.14. The predicted octanol–water partition coefficient (Wildman–Crippen LogP) is 0.737. The average molecular weight is 219 g/mol. The van der Waals surface area contributed by atoms with Crippen LogP contribution in [-0.4, -0.2) is 24.8 Å². The molecule has 16 heavy (non-hydrogen) atoms. The van der Waals surface area contributed by atoms with Gasteiger partial charge in [0.1, 0.15) is 5.71 Å². The van der Waals surface area contributed by atoms with Crippen LogP contribution in [0.4, 0.5) is 0 Å². The summed E-state index contributed by atoms with van der Waals surface area (Å²) in [6.45, 7) is 0. The lowest BCUT2D eigenvalue weighted by Crippen LogP contribution is -2.29. The van der Waals surface area contributed by atoms with E-state index in [1.54, 1.807) is 24.3 Å². The van der Waals surface area contributed by atoms with Crippen molar-refractivity contribution >= 4 is 17.7 Å². The van der Waals surface area contributed by atoms with Crippen LogP contribution in [0.2, 0.25) is 0 Å². The fourth-order valence-corrected chi connectivity index (χ4v) is 1.47. The molecule has 0 aliphatic carbocycles. The first-order valence-electron chi connectivity index (χ1n) is 4.66. The molecule has 1 aromatic rings. The lowest BCUT2D eigenvalue weighted by Gasteiger charge is -2.06. The Morgan fingerprint density at radius 3 is 2.69 bits per heavy atom. The number of oxime groups is 1. The number of carbonyl (C=O) groups is 2. The van der Waals surface area contributed by atoms with Gasteiger partial charge < -0.3 is 9.57 Å². The first-order chi connectivity index (χ1) is 7.74. The Balaban J connectivity index is 2.35. The Hall–Kier alpha value is -2.17. The minimum atomic E-state index is -1.08. The van der Waals surface area contributed by atoms with Crippen molar-refractivity contribution in [1.82, 2.24) is 0 Å². The zero-order chi connectivity index (χ0) is 11.5. The summed E-state index contributed by atoms with van der Waals surface area (Å²) in [6.07, 6.45) is 0. The highest BCUT2D eigenvalue weighted by molar-refractivity contribution is 6.24. The van der Waals surface area contributed by atoms with Gasteiger partial charge in [-0.15, -0.1) is 0 Å². The molecule has 1 aromatic carbocycles. The number of nitrogens with zero attached hydrogens (tertiary/aromatic N) is 1. The minimum Gasteiger partial charge on any atom is -0.468 e. The minimum absolute atomic E-state index is 0.289. The van der Waals surface area contributed by atoms with Crippen LogP contribution in [0.15, 0.2) is 35.5 Å². The maximum absolute atomic E-state index is 11.4. The van der Waals surface area contributed by atoms with Gasteiger partial charge in [0.2, 0.25) is 5.92 Å². The van der Waals surface area contributed by atoms with Gasteiger partial charge in [0.15, 0.2) is 0 Å². The van der Waals surface area contributed by atoms with Crippen LogP contribution in [0, 0.1) is 5.92 Å². The highest BCUT2D eigenvalue weighted by atomic mass is 16.7. The van der Waals surface area contributed by atoms with E-state index in [0.717, 1.165) is 0 Å². The zero-order valence-corrected chi connectivity index (χ0v) is 8.54. The van der Waals surface area contributed by atoms with E-state index in [9.17, 15) is 9.59 Å². The van der Waals surface area contributed by atoms with Crippen molar-refractivity contribution in [2.45, 2.75) is 0 Å². The molecule has 1 aliphatic heterocycles. The predicted molar refractivity (Wildman–Crippen MR) is 54.6 cm³/mol. The molecule has 0 aromatic heterocycles. The van der Waals surface area contributed by atoms with Crippen LogP contribution in [0.3, 0.4) is 0 Å². The Labute approximate surface area is 91.6 Å². The summed E-state index contributed by atoms with van der Waals surface area (Å²) in [5.74, 6) is -2.44. The second-order valence-electron chi connectivity index (χ2n) is 3.21. The van der Waals surface area contributed by atoms with Crippen LogP contribution in [0.25, 0.3) is 0 Å². The largest absolute Gasteiger partial charge is 0.468 e. The number of esters is 1. The molecule has 1 unspecified atom stereocenters. The van der Waals surface area contributed by atoms with Gasteiger partial charge in [-0.3, -0.25) is 4.79 Å². The molecule has 1 heterocycles. The Bertz CT molecular complexity index is 452. The first kappa shape index (κ1) is 10.4. The third-order valence-electron chi connectivity index (χ3n) is 2.25. The van der Waals surface area contributed by atoms with Crippen LogP contribution in [-0.2, 0) is 19.2 Å².